The molecule has 0 radical (unpaired) electrons. The lowest BCUT2D eigenvalue weighted by atomic mass is 10.6. The van der Waals surface area contributed by atoms with Crippen molar-refractivity contribution in [1.29, 1.82) is 0 Å². The molecule has 0 bridgehead atoms. The summed E-state index contributed by atoms with van der Waals surface area (Å²) in [5, 5.41) is 2.98. The summed E-state index contributed by atoms with van der Waals surface area (Å²) >= 11 is 0. The maximum absolute atomic E-state index is 5.02. The van der Waals surface area contributed by atoms with Crippen molar-refractivity contribution in [2.45, 2.75) is 0 Å². The Morgan fingerprint density at radius 1 is 1.86 bits per heavy atom. The minimum atomic E-state index is 0.819. The van der Waals surface area contributed by atoms with Gasteiger partial charge in [0, 0.05) is 5.92 Å². The van der Waals surface area contributed by atoms with Gasteiger partial charge in [-0.2, -0.15) is 0 Å². The third-order valence-corrected chi connectivity index (χ3v) is 0.873. The first kappa shape index (κ1) is 4.20. The smallest absolute Gasteiger partial charge is 0.263 e. The molecule has 0 spiro atoms. The Balaban J connectivity index is 2.57. The van der Waals surface area contributed by atoms with Crippen molar-refractivity contribution in [2.75, 3.05) is 13.1 Å². The van der Waals surface area contributed by atoms with Crippen molar-refractivity contribution < 1.29 is 4.99 Å². The van der Waals surface area contributed by atoms with Crippen LogP contribution in [0.5, 0.6) is 0 Å². The summed E-state index contributed by atoms with van der Waals surface area (Å²) < 4.78 is 0. The highest BCUT2D eigenvalue weighted by Crippen LogP contribution is 1.57. The molecule has 0 saturated carbocycles. The molecule has 7 heavy (non-hydrogen) atoms. The molecule has 36 valence electrons. The third kappa shape index (κ3) is 0.716. The van der Waals surface area contributed by atoms with Gasteiger partial charge in [-0.1, -0.05) is 0 Å². The molecule has 0 amide bonds. The highest BCUT2D eigenvalue weighted by Gasteiger charge is 2.05. The fourth-order valence-electron chi connectivity index (χ4n) is 0.540. The van der Waals surface area contributed by atoms with Crippen LogP contribution < -0.4 is 10.3 Å². The maximum Gasteiger partial charge on any atom is 0.321 e. The monoisotopic (exact) mass is 95.1 g/mol. The van der Waals surface area contributed by atoms with Crippen molar-refractivity contribution in [3.8, 4) is 12.3 Å². The van der Waals surface area contributed by atoms with E-state index in [2.05, 4.69) is 16.2 Å². The highest BCUT2D eigenvalue weighted by atomic mass is 15.1. The first-order valence-corrected chi connectivity index (χ1v) is 2.25. The maximum atomic E-state index is 5.02. The summed E-state index contributed by atoms with van der Waals surface area (Å²) in [6.45, 7) is 1.92. The van der Waals surface area contributed by atoms with E-state index in [1.165, 1.54) is 0 Å². The van der Waals surface area contributed by atoms with Crippen molar-refractivity contribution in [3.05, 3.63) is 0 Å². The Kier molecular flexibility index (Phi) is 0.991. The van der Waals surface area contributed by atoms with Crippen LogP contribution in [0.15, 0.2) is 0 Å². The molecule has 0 aromatic heterocycles. The van der Waals surface area contributed by atoms with E-state index in [0.29, 0.717) is 0 Å². The van der Waals surface area contributed by atoms with Gasteiger partial charge in [0.25, 0.3) is 0 Å². The van der Waals surface area contributed by atoms with E-state index in [0.717, 1.165) is 18.9 Å². The molecule has 1 heterocycles. The first-order valence-electron chi connectivity index (χ1n) is 2.25. The topological polar surface area (TPSA) is 26.0 Å². The second-order valence-electron chi connectivity index (χ2n) is 1.37. The van der Waals surface area contributed by atoms with E-state index in [-0.39, 0.29) is 0 Å². The van der Waals surface area contributed by atoms with Gasteiger partial charge in [0.1, 0.15) is 13.1 Å². The molecule has 2 heteroatoms. The molecule has 0 atom stereocenters. The lowest BCUT2D eigenvalue weighted by molar-refractivity contribution is -0.443. The molecular weight excluding hydrogens is 88.1 g/mol. The van der Waals surface area contributed by atoms with Crippen LogP contribution in [0.25, 0.3) is 0 Å². The second kappa shape index (κ2) is 1.65. The fraction of sp³-hybridized carbons (Fsp3) is 0.400. The van der Waals surface area contributed by atoms with Gasteiger partial charge >= 0.3 is 5.84 Å². The van der Waals surface area contributed by atoms with Crippen LogP contribution in [-0.2, 0) is 0 Å². The summed E-state index contributed by atoms with van der Waals surface area (Å²) in [5.41, 5.74) is 0. The molecule has 1 rings (SSSR count). The first-order chi connectivity index (χ1) is 3.43. The Morgan fingerprint density at radius 2 is 2.71 bits per heavy atom. The molecule has 0 aliphatic carbocycles. The van der Waals surface area contributed by atoms with Crippen LogP contribution in [0, 0.1) is 12.3 Å². The highest BCUT2D eigenvalue weighted by molar-refractivity contribution is 5.93. The standard InChI is InChI=1S/C5H6N2/c1-2-5-6-3-4-7-5/h1H,3-4H2,(H,6,7)/p+1. The van der Waals surface area contributed by atoms with Crippen LogP contribution in [0.4, 0.5) is 0 Å². The number of rotatable bonds is 0. The lowest BCUT2D eigenvalue weighted by Crippen LogP contribution is -2.70. The zero-order chi connectivity index (χ0) is 5.11. The Bertz CT molecular complexity index is 130. The zero-order valence-electron chi connectivity index (χ0n) is 3.99. The minimum absolute atomic E-state index is 0.819. The second-order valence-corrected chi connectivity index (χ2v) is 1.37. The van der Waals surface area contributed by atoms with E-state index in [1.807, 2.05) is 0 Å². The van der Waals surface area contributed by atoms with E-state index < -0.39 is 0 Å². The number of amidine groups is 1. The van der Waals surface area contributed by atoms with Crippen LogP contribution in [-0.4, -0.2) is 18.9 Å². The number of hydrogen-bond donors (Lipinski definition) is 2. The Labute approximate surface area is 42.6 Å². The molecule has 0 fully saturated rings. The van der Waals surface area contributed by atoms with Gasteiger partial charge in [-0.3, -0.25) is 10.3 Å². The van der Waals surface area contributed by atoms with Gasteiger partial charge in [0.15, 0.2) is 0 Å². The van der Waals surface area contributed by atoms with E-state index in [1.54, 1.807) is 0 Å². The SMILES string of the molecule is C#CC1=[NH+]CCN1. The third-order valence-electron chi connectivity index (χ3n) is 0.873. The summed E-state index contributed by atoms with van der Waals surface area (Å²) in [7, 11) is 0. The minimum Gasteiger partial charge on any atom is -0.263 e. The predicted molar refractivity (Wildman–Crippen MR) is 27.7 cm³/mol. The molecule has 1 aliphatic heterocycles. The van der Waals surface area contributed by atoms with Crippen molar-refractivity contribution >= 4 is 5.84 Å². The van der Waals surface area contributed by atoms with Gasteiger partial charge in [0.05, 0.1) is 0 Å². The normalized spacial score (nSPS) is 17.3. The largest absolute Gasteiger partial charge is 0.321 e. The van der Waals surface area contributed by atoms with Crippen LogP contribution in [0.2, 0.25) is 0 Å². The summed E-state index contributed by atoms with van der Waals surface area (Å²) in [5.74, 6) is 3.28. The van der Waals surface area contributed by atoms with Gasteiger partial charge < -0.3 is 0 Å². The molecule has 0 aromatic rings. The summed E-state index contributed by atoms with van der Waals surface area (Å²) in [6.07, 6.45) is 5.02. The average Bonchev–Trinajstić information content (AvgIpc) is 2.14. The number of terminal acetylenes is 1. The van der Waals surface area contributed by atoms with Gasteiger partial charge in [-0.05, 0) is 0 Å². The number of hydrogen-bond acceptors (Lipinski definition) is 1. The van der Waals surface area contributed by atoms with Gasteiger partial charge in [-0.15, -0.1) is 6.42 Å². The van der Waals surface area contributed by atoms with Crippen molar-refractivity contribution in [2.24, 2.45) is 0 Å². The lowest BCUT2D eigenvalue weighted by Gasteiger charge is -1.74. The van der Waals surface area contributed by atoms with Gasteiger partial charge in [0.2, 0.25) is 0 Å². The fourth-order valence-corrected chi connectivity index (χ4v) is 0.540. The quantitative estimate of drug-likeness (QED) is 0.325. The molecule has 0 aromatic carbocycles. The Hall–Kier alpha value is -0.970. The summed E-state index contributed by atoms with van der Waals surface area (Å²) in [4.78, 5) is 2.98. The molecule has 2 N–H and O–H groups in total. The molecule has 2 nitrogen and oxygen atoms in total. The van der Waals surface area contributed by atoms with Crippen LogP contribution in [0.3, 0.4) is 0 Å². The Morgan fingerprint density at radius 3 is 3.00 bits per heavy atom. The van der Waals surface area contributed by atoms with E-state index in [4.69, 9.17) is 6.42 Å². The summed E-state index contributed by atoms with van der Waals surface area (Å²) in [6, 6.07) is 0. The predicted octanol–water partition coefficient (Wildman–Crippen LogP) is -2.30. The molecule has 0 unspecified atom stereocenters. The van der Waals surface area contributed by atoms with Crippen molar-refractivity contribution in [1.82, 2.24) is 5.32 Å². The molecule has 1 aliphatic rings. The van der Waals surface area contributed by atoms with Crippen LogP contribution in [0.1, 0.15) is 0 Å². The van der Waals surface area contributed by atoms with E-state index >= 15 is 0 Å². The molecule has 0 saturated heterocycles. The molecular formula is C5H7N2+. The van der Waals surface area contributed by atoms with E-state index in [9.17, 15) is 0 Å². The zero-order valence-corrected chi connectivity index (χ0v) is 3.99. The average molecular weight is 95.1 g/mol. The van der Waals surface area contributed by atoms with Crippen LogP contribution >= 0.6 is 0 Å². The van der Waals surface area contributed by atoms with Gasteiger partial charge in [-0.25, -0.2) is 0 Å². The van der Waals surface area contributed by atoms with Crippen molar-refractivity contribution in [3.63, 3.8) is 0 Å². The number of nitrogens with one attached hydrogen (secondary N) is 2.